The van der Waals surface area contributed by atoms with Gasteiger partial charge in [-0.3, -0.25) is 4.90 Å². The predicted molar refractivity (Wildman–Crippen MR) is 110 cm³/mol. The van der Waals surface area contributed by atoms with Gasteiger partial charge in [-0.05, 0) is 36.6 Å². The van der Waals surface area contributed by atoms with Crippen molar-refractivity contribution in [1.29, 1.82) is 0 Å². The summed E-state index contributed by atoms with van der Waals surface area (Å²) in [6, 6.07) is 7.50. The van der Waals surface area contributed by atoms with E-state index in [1.807, 2.05) is 18.3 Å². The van der Waals surface area contributed by atoms with Crippen molar-refractivity contribution in [2.45, 2.75) is 25.4 Å². The van der Waals surface area contributed by atoms with Gasteiger partial charge in [0.2, 0.25) is 5.95 Å². The first-order valence-electron chi connectivity index (χ1n) is 10.2. The molecule has 0 spiro atoms. The summed E-state index contributed by atoms with van der Waals surface area (Å²) in [4.78, 5) is 13.6. The Kier molecular flexibility index (Phi) is 6.41. The first kappa shape index (κ1) is 19.8. The summed E-state index contributed by atoms with van der Waals surface area (Å²) < 4.78 is 24.3. The number of anilines is 2. The number of hydrogen-bond acceptors (Lipinski definition) is 7. The number of halogens is 1. The molecule has 2 aliphatic rings. The molecule has 29 heavy (non-hydrogen) atoms. The third-order valence-electron chi connectivity index (χ3n) is 5.50. The third-order valence-corrected chi connectivity index (χ3v) is 5.50. The Bertz CT molecular complexity index is 807. The number of piperidine rings is 1. The minimum Gasteiger partial charge on any atom is -0.494 e. The average Bonchev–Trinajstić information content (AvgIpc) is 2.76. The number of nitrogens with zero attached hydrogens (tertiary/aromatic N) is 4. The van der Waals surface area contributed by atoms with Crippen molar-refractivity contribution >= 4 is 11.8 Å². The van der Waals surface area contributed by atoms with Gasteiger partial charge in [0.1, 0.15) is 5.82 Å². The van der Waals surface area contributed by atoms with Crippen LogP contribution in [0.5, 0.6) is 5.75 Å². The fraction of sp³-hybridized carbons (Fsp3) is 0.524. The van der Waals surface area contributed by atoms with Crippen LogP contribution in [0.1, 0.15) is 18.4 Å². The minimum atomic E-state index is -0.304. The van der Waals surface area contributed by atoms with Crippen LogP contribution in [0.3, 0.4) is 0 Å². The van der Waals surface area contributed by atoms with Crippen LogP contribution in [0.2, 0.25) is 0 Å². The van der Waals surface area contributed by atoms with Gasteiger partial charge in [0.15, 0.2) is 11.6 Å². The summed E-state index contributed by atoms with van der Waals surface area (Å²) >= 11 is 0. The van der Waals surface area contributed by atoms with Crippen LogP contribution in [-0.2, 0) is 11.3 Å². The lowest BCUT2D eigenvalue weighted by molar-refractivity contribution is 0.122. The van der Waals surface area contributed by atoms with Crippen LogP contribution in [0.4, 0.5) is 16.2 Å². The van der Waals surface area contributed by atoms with Gasteiger partial charge < -0.3 is 19.7 Å². The van der Waals surface area contributed by atoms with Gasteiger partial charge >= 0.3 is 0 Å². The van der Waals surface area contributed by atoms with Gasteiger partial charge in [0.05, 0.1) is 20.3 Å². The zero-order valence-electron chi connectivity index (χ0n) is 16.8. The van der Waals surface area contributed by atoms with Gasteiger partial charge in [0, 0.05) is 45.0 Å². The van der Waals surface area contributed by atoms with Gasteiger partial charge in [-0.2, -0.15) is 4.98 Å². The fourth-order valence-electron chi connectivity index (χ4n) is 3.86. The fourth-order valence-corrected chi connectivity index (χ4v) is 3.86. The summed E-state index contributed by atoms with van der Waals surface area (Å²) in [5, 5.41) is 3.56. The lowest BCUT2D eigenvalue weighted by Gasteiger charge is -2.33. The normalized spacial score (nSPS) is 18.6. The molecule has 8 heteroatoms. The Morgan fingerprint density at radius 1 is 1.17 bits per heavy atom. The number of morpholine rings is 1. The van der Waals surface area contributed by atoms with Crippen molar-refractivity contribution in [2.75, 3.05) is 56.7 Å². The van der Waals surface area contributed by atoms with Crippen molar-refractivity contribution in [2.24, 2.45) is 0 Å². The van der Waals surface area contributed by atoms with Crippen LogP contribution >= 0.6 is 0 Å². The van der Waals surface area contributed by atoms with Crippen LogP contribution in [0, 0.1) is 5.82 Å². The average molecular weight is 401 g/mol. The van der Waals surface area contributed by atoms with Crippen LogP contribution in [-0.4, -0.2) is 67.4 Å². The number of ether oxygens (including phenoxy) is 2. The molecule has 2 saturated heterocycles. The molecular formula is C21H28FN5O2. The van der Waals surface area contributed by atoms with Crippen molar-refractivity contribution in [3.63, 3.8) is 0 Å². The molecular weight excluding hydrogens is 373 g/mol. The monoisotopic (exact) mass is 401 g/mol. The highest BCUT2D eigenvalue weighted by molar-refractivity contribution is 5.42. The van der Waals surface area contributed by atoms with Crippen molar-refractivity contribution < 1.29 is 13.9 Å². The number of likely N-dealkylation sites (tertiary alicyclic amines) is 1. The van der Waals surface area contributed by atoms with E-state index in [4.69, 9.17) is 9.47 Å². The molecule has 0 radical (unpaired) electrons. The van der Waals surface area contributed by atoms with Gasteiger partial charge in [-0.25, -0.2) is 9.37 Å². The summed E-state index contributed by atoms with van der Waals surface area (Å²) in [7, 11) is 1.48. The van der Waals surface area contributed by atoms with E-state index in [1.165, 1.54) is 7.11 Å². The third kappa shape index (κ3) is 5.13. The van der Waals surface area contributed by atoms with E-state index in [1.54, 1.807) is 12.1 Å². The number of methoxy groups -OCH3 is 1. The van der Waals surface area contributed by atoms with E-state index in [9.17, 15) is 4.39 Å². The molecule has 1 aromatic carbocycles. The van der Waals surface area contributed by atoms with Gasteiger partial charge in [0.25, 0.3) is 0 Å². The molecule has 2 fully saturated rings. The first-order valence-corrected chi connectivity index (χ1v) is 10.2. The molecule has 1 N–H and O–H groups in total. The van der Waals surface area contributed by atoms with Crippen molar-refractivity contribution in [3.8, 4) is 5.75 Å². The molecule has 0 saturated carbocycles. The van der Waals surface area contributed by atoms with Gasteiger partial charge in [-0.1, -0.05) is 6.07 Å². The quantitative estimate of drug-likeness (QED) is 0.798. The largest absolute Gasteiger partial charge is 0.494 e. The van der Waals surface area contributed by atoms with E-state index >= 15 is 0 Å². The van der Waals surface area contributed by atoms with Crippen molar-refractivity contribution in [1.82, 2.24) is 14.9 Å². The maximum atomic E-state index is 13.9. The molecule has 3 heterocycles. The topological polar surface area (TPSA) is 62.8 Å². The summed E-state index contributed by atoms with van der Waals surface area (Å²) in [6.45, 7) is 5.78. The minimum absolute atomic E-state index is 0.290. The SMILES string of the molecule is COc1ccc(CN2CCC(Nc3ccnc(N4CCOCC4)n3)CC2)cc1F. The number of benzene rings is 1. The standard InChI is InChI=1S/C21H28FN5O2/c1-28-19-3-2-16(14-18(19)22)15-26-8-5-17(6-9-26)24-20-4-7-23-21(25-20)27-10-12-29-13-11-27/h2-4,7,14,17H,5-6,8-13,15H2,1H3,(H,23,24,25). The van der Waals surface area contributed by atoms with Crippen LogP contribution < -0.4 is 15.0 Å². The Balaban J connectivity index is 1.28. The maximum absolute atomic E-state index is 13.9. The predicted octanol–water partition coefficient (Wildman–Crippen LogP) is 2.54. The molecule has 0 atom stereocenters. The Hall–Kier alpha value is -2.45. The van der Waals surface area contributed by atoms with E-state index < -0.39 is 0 Å². The number of aromatic nitrogens is 2. The van der Waals surface area contributed by atoms with E-state index in [0.717, 1.165) is 76.1 Å². The summed E-state index contributed by atoms with van der Waals surface area (Å²) in [6.07, 6.45) is 3.86. The smallest absolute Gasteiger partial charge is 0.227 e. The molecule has 0 amide bonds. The lowest BCUT2D eigenvalue weighted by Crippen LogP contribution is -2.39. The zero-order valence-corrected chi connectivity index (χ0v) is 16.8. The van der Waals surface area contributed by atoms with Crippen LogP contribution in [0.25, 0.3) is 0 Å². The van der Waals surface area contributed by atoms with Crippen LogP contribution in [0.15, 0.2) is 30.5 Å². The summed E-state index contributed by atoms with van der Waals surface area (Å²) in [5.74, 6) is 1.62. The molecule has 7 nitrogen and oxygen atoms in total. The molecule has 0 bridgehead atoms. The van der Waals surface area contributed by atoms with E-state index in [-0.39, 0.29) is 11.6 Å². The number of nitrogens with one attached hydrogen (secondary N) is 1. The molecule has 1 aromatic heterocycles. The Morgan fingerprint density at radius 2 is 1.97 bits per heavy atom. The molecule has 0 unspecified atom stereocenters. The molecule has 4 rings (SSSR count). The highest BCUT2D eigenvalue weighted by Gasteiger charge is 2.21. The Morgan fingerprint density at radius 3 is 2.69 bits per heavy atom. The van der Waals surface area contributed by atoms with Gasteiger partial charge in [-0.15, -0.1) is 0 Å². The molecule has 0 aliphatic carbocycles. The lowest BCUT2D eigenvalue weighted by atomic mass is 10.0. The second-order valence-corrected chi connectivity index (χ2v) is 7.50. The van der Waals surface area contributed by atoms with E-state index in [0.29, 0.717) is 6.04 Å². The summed E-state index contributed by atoms with van der Waals surface area (Å²) in [5.41, 5.74) is 0.973. The highest BCUT2D eigenvalue weighted by atomic mass is 19.1. The maximum Gasteiger partial charge on any atom is 0.227 e. The molecule has 2 aromatic rings. The zero-order chi connectivity index (χ0) is 20.1. The Labute approximate surface area is 170 Å². The first-order chi connectivity index (χ1) is 14.2. The molecule has 156 valence electrons. The number of rotatable bonds is 6. The second-order valence-electron chi connectivity index (χ2n) is 7.50. The second kappa shape index (κ2) is 9.37. The highest BCUT2D eigenvalue weighted by Crippen LogP contribution is 2.21. The molecule has 2 aliphatic heterocycles. The number of hydrogen-bond donors (Lipinski definition) is 1. The van der Waals surface area contributed by atoms with Crippen molar-refractivity contribution in [3.05, 3.63) is 41.8 Å². The van der Waals surface area contributed by atoms with E-state index in [2.05, 4.69) is 25.1 Å².